The van der Waals surface area contributed by atoms with Gasteiger partial charge in [-0.25, -0.2) is 4.79 Å². The molecule has 3 aromatic carbocycles. The molecule has 238 valence electrons. The molecular formula is C35H34ClN3O7. The van der Waals surface area contributed by atoms with E-state index in [4.69, 9.17) is 22.1 Å². The molecule has 0 fully saturated rings. The lowest BCUT2D eigenvalue weighted by Gasteiger charge is -2.27. The van der Waals surface area contributed by atoms with E-state index in [1.54, 1.807) is 48.5 Å². The molecule has 0 radical (unpaired) electrons. The Morgan fingerprint density at radius 3 is 2.11 bits per heavy atom. The Morgan fingerprint density at radius 1 is 0.891 bits per heavy atom. The summed E-state index contributed by atoms with van der Waals surface area (Å²) in [7, 11) is 0. The van der Waals surface area contributed by atoms with Crippen LogP contribution in [0.2, 0.25) is 5.02 Å². The Hall–Kier alpha value is -4.90. The van der Waals surface area contributed by atoms with Crippen LogP contribution in [0.3, 0.4) is 0 Å². The number of aliphatic carboxylic acids is 1. The lowest BCUT2D eigenvalue weighted by molar-refractivity contribution is -0.149. The Bertz CT molecular complexity index is 1760. The third-order valence-corrected chi connectivity index (χ3v) is 7.75. The molecule has 1 aromatic heterocycles. The third kappa shape index (κ3) is 8.63. The number of carboxylic acids is 1. The van der Waals surface area contributed by atoms with Crippen molar-refractivity contribution in [3.63, 3.8) is 0 Å². The number of ether oxygens (including phenoxy) is 1. The molecule has 46 heavy (non-hydrogen) atoms. The number of anilines is 1. The number of benzene rings is 3. The van der Waals surface area contributed by atoms with E-state index < -0.39 is 47.2 Å². The van der Waals surface area contributed by atoms with E-state index in [0.717, 1.165) is 22.6 Å². The van der Waals surface area contributed by atoms with Gasteiger partial charge in [0.15, 0.2) is 23.7 Å². The van der Waals surface area contributed by atoms with Gasteiger partial charge in [0.2, 0.25) is 5.91 Å². The highest BCUT2D eigenvalue weighted by Gasteiger charge is 2.40. The molecule has 4 N–H and O–H groups in total. The number of hydrogen-bond acceptors (Lipinski definition) is 7. The summed E-state index contributed by atoms with van der Waals surface area (Å²) in [4.78, 5) is 65.7. The normalized spacial score (nSPS) is 12.9. The van der Waals surface area contributed by atoms with Gasteiger partial charge in [-0.05, 0) is 48.2 Å². The summed E-state index contributed by atoms with van der Waals surface area (Å²) in [6.07, 6.45) is -1.12. The van der Waals surface area contributed by atoms with Crippen LogP contribution in [0.5, 0.6) is 0 Å². The number of pyridine rings is 1. The predicted octanol–water partition coefficient (Wildman–Crippen LogP) is 4.36. The first-order valence-corrected chi connectivity index (χ1v) is 14.9. The lowest BCUT2D eigenvalue weighted by Crippen LogP contribution is -2.52. The van der Waals surface area contributed by atoms with Crippen molar-refractivity contribution >= 4 is 40.7 Å². The number of aryl methyl sites for hydroxylation is 1. The average molecular weight is 644 g/mol. The topological polar surface area (TPSA) is 158 Å². The van der Waals surface area contributed by atoms with Crippen LogP contribution in [0.25, 0.3) is 0 Å². The molecule has 3 unspecified atom stereocenters. The fourth-order valence-corrected chi connectivity index (χ4v) is 5.19. The summed E-state index contributed by atoms with van der Waals surface area (Å²) < 4.78 is 6.51. The van der Waals surface area contributed by atoms with Crippen molar-refractivity contribution in [1.29, 1.82) is 0 Å². The molecular weight excluding hydrogens is 610 g/mol. The van der Waals surface area contributed by atoms with Gasteiger partial charge in [-0.3, -0.25) is 23.7 Å². The standard InChI is InChI=1S/C35H34ClN3O7/c1-22(40)33(46-21-25-14-8-9-15-27(25)36)32(42)30(37)31(35(44)45)39-26(20-24-12-6-3-7-13-24)17-18-28(34(39)43)38-29(41)19-16-23-10-4-2-5-11-23/h2-15,17-18,30-31,33H,16,19-21,37H2,1H3,(H,38,41)(H,44,45). The molecule has 4 rings (SSSR count). The zero-order valence-electron chi connectivity index (χ0n) is 25.1. The molecule has 0 saturated heterocycles. The monoisotopic (exact) mass is 643 g/mol. The quantitative estimate of drug-likeness (QED) is 0.161. The lowest BCUT2D eigenvalue weighted by atomic mass is 9.97. The largest absolute Gasteiger partial charge is 0.480 e. The SMILES string of the molecule is CC(=O)C(OCc1ccccc1Cl)C(=O)C(N)C(C(=O)O)n1c(Cc2ccccc2)ccc(NC(=O)CCc2ccccc2)c1=O. The molecule has 0 aliphatic heterocycles. The van der Waals surface area contributed by atoms with Gasteiger partial charge >= 0.3 is 5.97 Å². The first-order valence-electron chi connectivity index (χ1n) is 14.6. The smallest absolute Gasteiger partial charge is 0.328 e. The number of Topliss-reactive ketones (excluding diaryl/α,β-unsaturated/α-hetero) is 2. The van der Waals surface area contributed by atoms with Gasteiger partial charge in [-0.1, -0.05) is 90.5 Å². The van der Waals surface area contributed by atoms with E-state index in [9.17, 15) is 29.1 Å². The van der Waals surface area contributed by atoms with Crippen LogP contribution < -0.4 is 16.6 Å². The summed E-state index contributed by atoms with van der Waals surface area (Å²) in [6, 6.07) is 24.1. The number of aromatic nitrogens is 1. The van der Waals surface area contributed by atoms with Crippen molar-refractivity contribution in [2.24, 2.45) is 5.73 Å². The summed E-state index contributed by atoms with van der Waals surface area (Å²) in [6.45, 7) is 0.903. The number of carbonyl (C=O) groups excluding carboxylic acids is 3. The molecule has 1 amide bonds. The highest BCUT2D eigenvalue weighted by Crippen LogP contribution is 2.22. The fourth-order valence-electron chi connectivity index (χ4n) is 5.00. The number of nitrogens with zero attached hydrogens (tertiary/aromatic N) is 1. The third-order valence-electron chi connectivity index (χ3n) is 7.38. The number of carbonyl (C=O) groups is 4. The van der Waals surface area contributed by atoms with E-state index in [2.05, 4.69) is 5.32 Å². The molecule has 3 atom stereocenters. The zero-order valence-corrected chi connectivity index (χ0v) is 25.9. The second-order valence-electron chi connectivity index (χ2n) is 10.7. The average Bonchev–Trinajstić information content (AvgIpc) is 3.04. The number of nitrogens with two attached hydrogens (primary N) is 1. The van der Waals surface area contributed by atoms with Crippen LogP contribution in [0.15, 0.2) is 102 Å². The maximum absolute atomic E-state index is 13.9. The molecule has 0 spiro atoms. The van der Waals surface area contributed by atoms with E-state index in [1.165, 1.54) is 12.1 Å². The molecule has 0 bridgehead atoms. The Morgan fingerprint density at radius 2 is 1.50 bits per heavy atom. The number of rotatable bonds is 15. The molecule has 11 heteroatoms. The summed E-state index contributed by atoms with van der Waals surface area (Å²) in [5.74, 6) is -3.77. The number of halogens is 1. The maximum Gasteiger partial charge on any atom is 0.328 e. The number of amides is 1. The number of nitrogens with one attached hydrogen (secondary N) is 1. The Labute approximate surface area is 270 Å². The van der Waals surface area contributed by atoms with Crippen LogP contribution in [0.1, 0.15) is 41.8 Å². The van der Waals surface area contributed by atoms with Gasteiger partial charge in [0.1, 0.15) is 5.69 Å². The zero-order chi connectivity index (χ0) is 33.2. The second kappa shape index (κ2) is 15.9. The highest BCUT2D eigenvalue weighted by molar-refractivity contribution is 6.31. The summed E-state index contributed by atoms with van der Waals surface area (Å²) in [5, 5.41) is 13.3. The van der Waals surface area contributed by atoms with E-state index >= 15 is 0 Å². The Kier molecular flexibility index (Phi) is 11.7. The van der Waals surface area contributed by atoms with Crippen LogP contribution in [0, 0.1) is 0 Å². The minimum atomic E-state index is -1.94. The first-order chi connectivity index (χ1) is 22.1. The van der Waals surface area contributed by atoms with Gasteiger partial charge < -0.3 is 20.9 Å². The maximum atomic E-state index is 13.9. The molecule has 4 aromatic rings. The van der Waals surface area contributed by atoms with Crippen molar-refractivity contribution in [2.45, 2.75) is 51.0 Å². The van der Waals surface area contributed by atoms with Gasteiger partial charge in [0, 0.05) is 23.6 Å². The molecule has 1 heterocycles. The number of hydrogen-bond donors (Lipinski definition) is 3. The Balaban J connectivity index is 1.67. The minimum Gasteiger partial charge on any atom is -0.480 e. The molecule has 0 saturated carbocycles. The highest BCUT2D eigenvalue weighted by atomic mass is 35.5. The van der Waals surface area contributed by atoms with Crippen LogP contribution in [-0.4, -0.2) is 45.3 Å². The van der Waals surface area contributed by atoms with Crippen molar-refractivity contribution in [3.8, 4) is 0 Å². The van der Waals surface area contributed by atoms with Gasteiger partial charge in [-0.2, -0.15) is 0 Å². The minimum absolute atomic E-state index is 0.0681. The molecule has 0 aliphatic rings. The van der Waals surface area contributed by atoms with E-state index in [0.29, 0.717) is 17.0 Å². The van der Waals surface area contributed by atoms with Crippen molar-refractivity contribution in [3.05, 3.63) is 135 Å². The molecule has 10 nitrogen and oxygen atoms in total. The van der Waals surface area contributed by atoms with Crippen molar-refractivity contribution in [2.75, 3.05) is 5.32 Å². The van der Waals surface area contributed by atoms with Gasteiger partial charge in [0.25, 0.3) is 5.56 Å². The van der Waals surface area contributed by atoms with Crippen molar-refractivity contribution in [1.82, 2.24) is 4.57 Å². The van der Waals surface area contributed by atoms with E-state index in [1.807, 2.05) is 36.4 Å². The summed E-state index contributed by atoms with van der Waals surface area (Å²) >= 11 is 6.18. The predicted molar refractivity (Wildman–Crippen MR) is 174 cm³/mol. The van der Waals surface area contributed by atoms with Gasteiger partial charge in [-0.15, -0.1) is 0 Å². The van der Waals surface area contributed by atoms with Crippen LogP contribution in [0.4, 0.5) is 5.69 Å². The fraction of sp³-hybridized carbons (Fsp3) is 0.229. The number of ketones is 2. The van der Waals surface area contributed by atoms with Crippen molar-refractivity contribution < 1.29 is 29.0 Å². The van der Waals surface area contributed by atoms with E-state index in [-0.39, 0.29) is 30.8 Å². The number of carboxylic acid groups (broad SMARTS) is 1. The molecule has 0 aliphatic carbocycles. The van der Waals surface area contributed by atoms with Crippen LogP contribution in [-0.2, 0) is 43.4 Å². The first kappa shape index (κ1) is 34.0. The summed E-state index contributed by atoms with van der Waals surface area (Å²) in [5.41, 5.74) is 7.66. The second-order valence-corrected chi connectivity index (χ2v) is 11.1. The van der Waals surface area contributed by atoms with Gasteiger partial charge in [0.05, 0.1) is 12.6 Å². The van der Waals surface area contributed by atoms with Crippen LogP contribution >= 0.6 is 11.6 Å².